The van der Waals surface area contributed by atoms with Gasteiger partial charge >= 0.3 is 0 Å². The predicted molar refractivity (Wildman–Crippen MR) is 56.0 cm³/mol. The summed E-state index contributed by atoms with van der Waals surface area (Å²) in [6, 6.07) is 3.19. The van der Waals surface area contributed by atoms with Crippen molar-refractivity contribution in [2.45, 2.75) is 6.92 Å². The molecule has 0 saturated carbocycles. The molecule has 0 amide bonds. The van der Waals surface area contributed by atoms with Crippen molar-refractivity contribution in [3.63, 3.8) is 0 Å². The first-order valence-electron chi connectivity index (χ1n) is 4.67. The van der Waals surface area contributed by atoms with Crippen LogP contribution in [-0.2, 0) is 0 Å². The Morgan fingerprint density at radius 3 is 2.88 bits per heavy atom. The Hall–Kier alpha value is -2.02. The quantitative estimate of drug-likeness (QED) is 0.662. The zero-order chi connectivity index (χ0) is 12.0. The molecule has 3 rings (SSSR count). The van der Waals surface area contributed by atoms with Crippen LogP contribution in [-0.4, -0.2) is 25.0 Å². The molecular weight excluding hydrogens is 249 g/mol. The first-order chi connectivity index (χ1) is 8.16. The highest BCUT2D eigenvalue weighted by molar-refractivity contribution is 6.29. The van der Waals surface area contributed by atoms with E-state index in [1.54, 1.807) is 12.1 Å². The van der Waals surface area contributed by atoms with Gasteiger partial charge in [-0.15, -0.1) is 10.2 Å². The molecular formula is C9H5ClFN5O. The van der Waals surface area contributed by atoms with Crippen LogP contribution < -0.4 is 0 Å². The van der Waals surface area contributed by atoms with Gasteiger partial charge in [-0.3, -0.25) is 0 Å². The summed E-state index contributed by atoms with van der Waals surface area (Å²) in [6.07, 6.45) is 0. The maximum absolute atomic E-state index is 13.7. The third-order valence-electron chi connectivity index (χ3n) is 2.23. The zero-order valence-corrected chi connectivity index (χ0v) is 9.31. The maximum Gasteiger partial charge on any atom is 0.210 e. The highest BCUT2D eigenvalue weighted by atomic mass is 35.5. The van der Waals surface area contributed by atoms with Crippen molar-refractivity contribution < 1.29 is 8.91 Å². The first kappa shape index (κ1) is 10.2. The van der Waals surface area contributed by atoms with Crippen molar-refractivity contribution in [3.05, 3.63) is 28.9 Å². The molecule has 0 fully saturated rings. The van der Waals surface area contributed by atoms with Crippen molar-refractivity contribution in [1.29, 1.82) is 0 Å². The number of hydrogen-bond acceptors (Lipinski definition) is 5. The molecule has 0 aromatic carbocycles. The Bertz CT molecular complexity index is 707. The molecule has 3 aromatic heterocycles. The molecule has 0 aliphatic rings. The molecule has 0 aliphatic heterocycles. The van der Waals surface area contributed by atoms with E-state index in [9.17, 15) is 4.39 Å². The molecule has 0 saturated heterocycles. The number of halogens is 2. The number of rotatable bonds is 1. The average molecular weight is 254 g/mol. The average Bonchev–Trinajstić information content (AvgIpc) is 2.84. The highest BCUT2D eigenvalue weighted by Gasteiger charge is 2.20. The van der Waals surface area contributed by atoms with Crippen LogP contribution in [0, 0.1) is 12.7 Å². The number of aromatic nitrogens is 5. The van der Waals surface area contributed by atoms with Crippen LogP contribution in [0.25, 0.3) is 17.2 Å². The van der Waals surface area contributed by atoms with Gasteiger partial charge in [-0.2, -0.15) is 9.61 Å². The molecule has 0 N–H and O–H groups in total. The Morgan fingerprint density at radius 2 is 2.18 bits per heavy atom. The van der Waals surface area contributed by atoms with Gasteiger partial charge in [0.25, 0.3) is 0 Å². The summed E-state index contributed by atoms with van der Waals surface area (Å²) < 4.78 is 19.7. The zero-order valence-electron chi connectivity index (χ0n) is 8.55. The molecule has 0 spiro atoms. The van der Waals surface area contributed by atoms with Crippen molar-refractivity contribution in [2.24, 2.45) is 0 Å². The Balaban J connectivity index is 2.31. The van der Waals surface area contributed by atoms with Crippen LogP contribution in [0.3, 0.4) is 0 Å². The smallest absolute Gasteiger partial charge is 0.210 e. The molecule has 6 nitrogen and oxygen atoms in total. The Morgan fingerprint density at radius 1 is 1.35 bits per heavy atom. The van der Waals surface area contributed by atoms with Gasteiger partial charge in [-0.1, -0.05) is 16.8 Å². The topological polar surface area (TPSA) is 69.1 Å². The van der Waals surface area contributed by atoms with Crippen molar-refractivity contribution in [2.75, 3.05) is 0 Å². The fourth-order valence-corrected chi connectivity index (χ4v) is 1.55. The van der Waals surface area contributed by atoms with Crippen LogP contribution >= 0.6 is 11.6 Å². The van der Waals surface area contributed by atoms with Gasteiger partial charge < -0.3 is 4.52 Å². The summed E-state index contributed by atoms with van der Waals surface area (Å²) in [5.74, 6) is -0.350. The summed E-state index contributed by atoms with van der Waals surface area (Å²) >= 11 is 5.75. The summed E-state index contributed by atoms with van der Waals surface area (Å²) in [4.78, 5) is 0. The maximum atomic E-state index is 13.7. The number of fused-ring (bicyclic) bond motifs is 1. The minimum absolute atomic E-state index is 0.0373. The van der Waals surface area contributed by atoms with Gasteiger partial charge in [0.05, 0.1) is 0 Å². The van der Waals surface area contributed by atoms with E-state index in [4.69, 9.17) is 16.1 Å². The summed E-state index contributed by atoms with van der Waals surface area (Å²) in [6.45, 7) is 1.47. The van der Waals surface area contributed by atoms with Gasteiger partial charge in [0.2, 0.25) is 5.82 Å². The lowest BCUT2D eigenvalue weighted by Crippen LogP contribution is -1.96. The standard InChI is InChI=1S/C9H5ClFN5O/c1-4-7(11)8(15-17-4)9-13-12-6-3-2-5(10)14-16(6)9/h2-3H,1H3. The lowest BCUT2D eigenvalue weighted by molar-refractivity contribution is 0.390. The Labute approximate surface area is 99.0 Å². The molecule has 0 unspecified atom stereocenters. The molecule has 0 aliphatic carbocycles. The monoisotopic (exact) mass is 253 g/mol. The van der Waals surface area contributed by atoms with Crippen molar-refractivity contribution in [3.8, 4) is 11.5 Å². The van der Waals surface area contributed by atoms with Crippen molar-refractivity contribution >= 4 is 17.2 Å². The Kier molecular flexibility index (Phi) is 2.08. The van der Waals surface area contributed by atoms with Crippen LogP contribution in [0.15, 0.2) is 16.7 Å². The summed E-state index contributed by atoms with van der Waals surface area (Å²) in [7, 11) is 0. The number of nitrogens with zero attached hydrogens (tertiary/aromatic N) is 5. The van der Waals surface area contributed by atoms with Crippen molar-refractivity contribution in [1.82, 2.24) is 25.0 Å². The normalized spacial score (nSPS) is 11.2. The predicted octanol–water partition coefficient (Wildman–Crippen LogP) is 1.88. The van der Waals surface area contributed by atoms with Gasteiger partial charge in [0, 0.05) is 0 Å². The molecule has 0 radical (unpaired) electrons. The molecule has 3 aromatic rings. The van der Waals surface area contributed by atoms with Gasteiger partial charge in [-0.05, 0) is 19.1 Å². The van der Waals surface area contributed by atoms with E-state index in [0.29, 0.717) is 5.65 Å². The van der Waals surface area contributed by atoms with Crippen LogP contribution in [0.1, 0.15) is 5.76 Å². The minimum atomic E-state index is -0.582. The second-order valence-corrected chi connectivity index (χ2v) is 3.74. The summed E-state index contributed by atoms with van der Waals surface area (Å²) in [5.41, 5.74) is 0.411. The second kappa shape index (κ2) is 3.49. The fraction of sp³-hybridized carbons (Fsp3) is 0.111. The highest BCUT2D eigenvalue weighted by Crippen LogP contribution is 2.22. The minimum Gasteiger partial charge on any atom is -0.358 e. The second-order valence-electron chi connectivity index (χ2n) is 3.35. The lowest BCUT2D eigenvalue weighted by atomic mass is 10.3. The van der Waals surface area contributed by atoms with E-state index >= 15 is 0 Å². The lowest BCUT2D eigenvalue weighted by Gasteiger charge is -1.94. The third-order valence-corrected chi connectivity index (χ3v) is 2.43. The fourth-order valence-electron chi connectivity index (χ4n) is 1.41. The molecule has 17 heavy (non-hydrogen) atoms. The molecule has 0 bridgehead atoms. The van der Waals surface area contributed by atoms with Gasteiger partial charge in [0.1, 0.15) is 5.15 Å². The van der Waals surface area contributed by atoms with E-state index in [-0.39, 0.29) is 22.4 Å². The van der Waals surface area contributed by atoms with Crippen LogP contribution in [0.4, 0.5) is 4.39 Å². The van der Waals surface area contributed by atoms with E-state index < -0.39 is 5.82 Å². The number of hydrogen-bond donors (Lipinski definition) is 0. The summed E-state index contributed by atoms with van der Waals surface area (Å²) in [5, 5.41) is 15.4. The first-order valence-corrected chi connectivity index (χ1v) is 5.04. The number of aryl methyl sites for hydroxylation is 1. The van der Waals surface area contributed by atoms with Crippen LogP contribution in [0.2, 0.25) is 5.15 Å². The molecule has 0 atom stereocenters. The van der Waals surface area contributed by atoms with E-state index in [0.717, 1.165) is 0 Å². The van der Waals surface area contributed by atoms with E-state index in [1.165, 1.54) is 11.4 Å². The van der Waals surface area contributed by atoms with E-state index in [1.807, 2.05) is 0 Å². The van der Waals surface area contributed by atoms with Crippen LogP contribution in [0.5, 0.6) is 0 Å². The molecule has 86 valence electrons. The van der Waals surface area contributed by atoms with E-state index in [2.05, 4.69) is 20.5 Å². The molecule has 8 heteroatoms. The molecule has 3 heterocycles. The van der Waals surface area contributed by atoms with Gasteiger partial charge in [-0.25, -0.2) is 4.39 Å². The SMILES string of the molecule is Cc1onc(-c2nnc3ccc(Cl)nn23)c1F. The largest absolute Gasteiger partial charge is 0.358 e. The third kappa shape index (κ3) is 1.47. The van der Waals surface area contributed by atoms with Gasteiger partial charge in [0.15, 0.2) is 22.9 Å².